The first-order chi connectivity index (χ1) is 11.9. The van der Waals surface area contributed by atoms with E-state index in [9.17, 15) is 14.4 Å². The van der Waals surface area contributed by atoms with Crippen molar-refractivity contribution in [2.45, 2.75) is 13.8 Å². The maximum atomic E-state index is 12.9. The molecule has 0 saturated heterocycles. The van der Waals surface area contributed by atoms with Crippen LogP contribution in [0.5, 0.6) is 17.2 Å². The highest BCUT2D eigenvalue weighted by Gasteiger charge is 2.17. The molecule has 1 heterocycles. The Labute approximate surface area is 141 Å². The SMILES string of the molecule is COc1cc(OC(C)=O)c2c(=O)c3cc(OC(C)=O)ccc3oc2c1. The van der Waals surface area contributed by atoms with Gasteiger partial charge in [-0.15, -0.1) is 0 Å². The Morgan fingerprint density at radius 3 is 2.28 bits per heavy atom. The van der Waals surface area contributed by atoms with Gasteiger partial charge in [-0.25, -0.2) is 0 Å². The summed E-state index contributed by atoms with van der Waals surface area (Å²) in [5.41, 5.74) is 0.105. The molecular formula is C18H14O7. The lowest BCUT2D eigenvalue weighted by atomic mass is 10.1. The van der Waals surface area contributed by atoms with E-state index >= 15 is 0 Å². The van der Waals surface area contributed by atoms with Gasteiger partial charge in [0.25, 0.3) is 0 Å². The average Bonchev–Trinajstić information content (AvgIpc) is 2.54. The zero-order chi connectivity index (χ0) is 18.1. The third kappa shape index (κ3) is 3.16. The smallest absolute Gasteiger partial charge is 0.308 e. The molecule has 0 radical (unpaired) electrons. The molecule has 0 amide bonds. The van der Waals surface area contributed by atoms with E-state index in [1.165, 1.54) is 51.3 Å². The largest absolute Gasteiger partial charge is 0.496 e. The van der Waals surface area contributed by atoms with Gasteiger partial charge in [-0.3, -0.25) is 14.4 Å². The Hall–Kier alpha value is -3.35. The lowest BCUT2D eigenvalue weighted by Crippen LogP contribution is -2.09. The van der Waals surface area contributed by atoms with E-state index in [-0.39, 0.29) is 27.9 Å². The van der Waals surface area contributed by atoms with Gasteiger partial charge in [-0.05, 0) is 18.2 Å². The summed E-state index contributed by atoms with van der Waals surface area (Å²) in [6, 6.07) is 7.42. The summed E-state index contributed by atoms with van der Waals surface area (Å²) in [5.74, 6) is -0.454. The molecule has 0 aliphatic rings. The molecule has 3 rings (SSSR count). The topological polar surface area (TPSA) is 92.0 Å². The van der Waals surface area contributed by atoms with Crippen molar-refractivity contribution in [3.63, 3.8) is 0 Å². The monoisotopic (exact) mass is 342 g/mol. The highest BCUT2D eigenvalue weighted by molar-refractivity contribution is 5.95. The fraction of sp³-hybridized carbons (Fsp3) is 0.167. The molecule has 0 atom stereocenters. The van der Waals surface area contributed by atoms with Crippen LogP contribution in [0.2, 0.25) is 0 Å². The Morgan fingerprint density at radius 1 is 0.920 bits per heavy atom. The number of fused-ring (bicyclic) bond motifs is 2. The minimum atomic E-state index is -0.581. The number of ether oxygens (including phenoxy) is 3. The summed E-state index contributed by atoms with van der Waals surface area (Å²) in [6.45, 7) is 2.49. The number of carbonyl (C=O) groups is 2. The van der Waals surface area contributed by atoms with Crippen LogP contribution in [0.25, 0.3) is 21.9 Å². The molecule has 1 aromatic heterocycles. The van der Waals surface area contributed by atoms with Gasteiger partial charge >= 0.3 is 11.9 Å². The van der Waals surface area contributed by atoms with Crippen LogP contribution in [-0.4, -0.2) is 19.0 Å². The molecule has 0 fully saturated rings. The van der Waals surface area contributed by atoms with Crippen molar-refractivity contribution in [1.82, 2.24) is 0 Å². The van der Waals surface area contributed by atoms with Crippen molar-refractivity contribution >= 4 is 33.9 Å². The van der Waals surface area contributed by atoms with Crippen molar-refractivity contribution in [2.75, 3.05) is 7.11 Å². The summed E-state index contributed by atoms with van der Waals surface area (Å²) in [6.07, 6.45) is 0. The van der Waals surface area contributed by atoms with Gasteiger partial charge < -0.3 is 18.6 Å². The maximum absolute atomic E-state index is 12.9. The third-order valence-electron chi connectivity index (χ3n) is 3.43. The summed E-state index contributed by atoms with van der Waals surface area (Å²) in [5, 5.41) is 0.299. The molecule has 0 unspecified atom stereocenters. The minimum absolute atomic E-state index is 0.0374. The van der Waals surface area contributed by atoms with E-state index < -0.39 is 17.4 Å². The van der Waals surface area contributed by atoms with E-state index in [0.29, 0.717) is 11.3 Å². The number of hydrogen-bond donors (Lipinski definition) is 0. The van der Waals surface area contributed by atoms with Gasteiger partial charge in [0.2, 0.25) is 5.43 Å². The van der Waals surface area contributed by atoms with E-state index in [0.717, 1.165) is 0 Å². The van der Waals surface area contributed by atoms with Crippen molar-refractivity contribution in [3.8, 4) is 17.2 Å². The summed E-state index contributed by atoms with van der Waals surface area (Å²) in [4.78, 5) is 35.3. The number of methoxy groups -OCH3 is 1. The third-order valence-corrected chi connectivity index (χ3v) is 3.43. The van der Waals surface area contributed by atoms with Gasteiger partial charge in [0.15, 0.2) is 0 Å². The first-order valence-electron chi connectivity index (χ1n) is 7.34. The van der Waals surface area contributed by atoms with Crippen LogP contribution in [-0.2, 0) is 9.59 Å². The Morgan fingerprint density at radius 2 is 1.64 bits per heavy atom. The minimum Gasteiger partial charge on any atom is -0.496 e. The molecule has 0 spiro atoms. The van der Waals surface area contributed by atoms with E-state index in [1.807, 2.05) is 0 Å². The van der Waals surface area contributed by atoms with Gasteiger partial charge in [0, 0.05) is 26.0 Å². The Kier molecular flexibility index (Phi) is 4.14. The molecule has 7 heteroatoms. The molecule has 7 nitrogen and oxygen atoms in total. The molecule has 0 N–H and O–H groups in total. The van der Waals surface area contributed by atoms with Crippen LogP contribution in [0, 0.1) is 0 Å². The van der Waals surface area contributed by atoms with Gasteiger partial charge in [0.1, 0.15) is 33.8 Å². The second-order valence-corrected chi connectivity index (χ2v) is 5.28. The first kappa shape index (κ1) is 16.5. The van der Waals surface area contributed by atoms with Crippen molar-refractivity contribution < 1.29 is 28.2 Å². The molecule has 0 aliphatic heterocycles. The predicted octanol–water partition coefficient (Wildman–Crippen LogP) is 2.81. The Balaban J connectivity index is 2.34. The van der Waals surface area contributed by atoms with Gasteiger partial charge in [-0.2, -0.15) is 0 Å². The maximum Gasteiger partial charge on any atom is 0.308 e. The second-order valence-electron chi connectivity index (χ2n) is 5.28. The molecule has 3 aromatic rings. The van der Waals surface area contributed by atoms with Gasteiger partial charge in [-0.1, -0.05) is 0 Å². The average molecular weight is 342 g/mol. The zero-order valence-electron chi connectivity index (χ0n) is 13.7. The predicted molar refractivity (Wildman–Crippen MR) is 89.2 cm³/mol. The summed E-state index contributed by atoms with van der Waals surface area (Å²) < 4.78 is 21.0. The van der Waals surface area contributed by atoms with Crippen molar-refractivity contribution in [3.05, 3.63) is 40.6 Å². The number of rotatable bonds is 3. The van der Waals surface area contributed by atoms with Crippen LogP contribution in [0.3, 0.4) is 0 Å². The quantitative estimate of drug-likeness (QED) is 0.410. The molecule has 128 valence electrons. The summed E-state index contributed by atoms with van der Waals surface area (Å²) in [7, 11) is 1.45. The molecule has 0 aliphatic carbocycles. The van der Waals surface area contributed by atoms with E-state index in [4.69, 9.17) is 18.6 Å². The molecule has 2 aromatic carbocycles. The van der Waals surface area contributed by atoms with Crippen LogP contribution in [0.4, 0.5) is 0 Å². The van der Waals surface area contributed by atoms with Crippen LogP contribution in [0.15, 0.2) is 39.5 Å². The lowest BCUT2D eigenvalue weighted by Gasteiger charge is -2.10. The number of esters is 2. The standard InChI is InChI=1S/C18H14O7/c1-9(19)23-11-4-5-14-13(6-11)18(21)17-15(24-10(2)20)7-12(22-3)8-16(17)25-14/h4-8H,1-3H3. The first-order valence-corrected chi connectivity index (χ1v) is 7.34. The number of hydrogen-bond acceptors (Lipinski definition) is 7. The molecule has 0 saturated carbocycles. The van der Waals surface area contributed by atoms with Crippen molar-refractivity contribution in [1.29, 1.82) is 0 Å². The highest BCUT2D eigenvalue weighted by atomic mass is 16.5. The number of carbonyl (C=O) groups excluding carboxylic acids is 2. The zero-order valence-corrected chi connectivity index (χ0v) is 13.7. The van der Waals surface area contributed by atoms with E-state index in [2.05, 4.69) is 0 Å². The van der Waals surface area contributed by atoms with Gasteiger partial charge in [0.05, 0.1) is 12.5 Å². The Bertz CT molecular complexity index is 1060. The normalized spacial score (nSPS) is 10.7. The number of benzene rings is 2. The lowest BCUT2D eigenvalue weighted by molar-refractivity contribution is -0.132. The van der Waals surface area contributed by atoms with Crippen LogP contribution < -0.4 is 19.6 Å². The molecule has 0 bridgehead atoms. The molecule has 25 heavy (non-hydrogen) atoms. The van der Waals surface area contributed by atoms with Crippen molar-refractivity contribution in [2.24, 2.45) is 0 Å². The fourth-order valence-electron chi connectivity index (χ4n) is 2.48. The van der Waals surface area contributed by atoms with Crippen LogP contribution >= 0.6 is 0 Å². The summed E-state index contributed by atoms with van der Waals surface area (Å²) >= 11 is 0. The van der Waals surface area contributed by atoms with Crippen LogP contribution in [0.1, 0.15) is 13.8 Å². The molecular weight excluding hydrogens is 328 g/mol. The highest BCUT2D eigenvalue weighted by Crippen LogP contribution is 2.32. The van der Waals surface area contributed by atoms with E-state index in [1.54, 1.807) is 0 Å². The second kappa shape index (κ2) is 6.27. The fourth-order valence-corrected chi connectivity index (χ4v) is 2.48.